The van der Waals surface area contributed by atoms with Crippen LogP contribution in [-0.4, -0.2) is 19.4 Å². The Morgan fingerprint density at radius 3 is 2.32 bits per heavy atom. The van der Waals surface area contributed by atoms with Gasteiger partial charge >= 0.3 is 0 Å². The van der Waals surface area contributed by atoms with E-state index in [0.717, 1.165) is 5.56 Å². The summed E-state index contributed by atoms with van der Waals surface area (Å²) in [6, 6.07) is 8.25. The van der Waals surface area contributed by atoms with Crippen molar-refractivity contribution in [2.45, 2.75) is 45.4 Å². The monoisotopic (exact) mass is 259 g/mol. The summed E-state index contributed by atoms with van der Waals surface area (Å²) in [5, 5.41) is 2.90. The van der Waals surface area contributed by atoms with Crippen molar-refractivity contribution in [1.29, 1.82) is 0 Å². The van der Waals surface area contributed by atoms with Gasteiger partial charge in [-0.3, -0.25) is 4.79 Å². The molecule has 1 N–H and O–H groups in total. The summed E-state index contributed by atoms with van der Waals surface area (Å²) in [4.78, 5) is 11.8. The van der Waals surface area contributed by atoms with Crippen LogP contribution < -0.4 is 5.32 Å². The average Bonchev–Trinajstić information content (AvgIpc) is 2.39. The zero-order valence-corrected chi connectivity index (χ0v) is 12.3. The Morgan fingerprint density at radius 1 is 1.21 bits per heavy atom. The van der Waals surface area contributed by atoms with E-state index in [2.05, 4.69) is 31.3 Å². The second-order valence-electron chi connectivity index (χ2n) is 6.51. The smallest absolute Gasteiger partial charge is 0.176 e. The van der Waals surface area contributed by atoms with Crippen LogP contribution in [0.15, 0.2) is 24.3 Å². The quantitative estimate of drug-likeness (QED) is 0.834. The van der Waals surface area contributed by atoms with Gasteiger partial charge in [0.2, 0.25) is 0 Å². The standard InChI is InChI=1S/C17H25NO/c1-17(2)10-8-14(9-11-17)13-4-6-15(7-5-13)16(19)12-18-3/h4-7,14,18H,8-12H2,1-3H3. The summed E-state index contributed by atoms with van der Waals surface area (Å²) >= 11 is 0. The maximum atomic E-state index is 11.8. The maximum absolute atomic E-state index is 11.8. The Balaban J connectivity index is 2.01. The van der Waals surface area contributed by atoms with Gasteiger partial charge in [0.25, 0.3) is 0 Å². The zero-order chi connectivity index (χ0) is 13.9. The molecule has 1 aromatic carbocycles. The van der Waals surface area contributed by atoms with Gasteiger partial charge < -0.3 is 5.32 Å². The zero-order valence-electron chi connectivity index (χ0n) is 12.3. The van der Waals surface area contributed by atoms with E-state index >= 15 is 0 Å². The Kier molecular flexibility index (Phi) is 4.41. The molecule has 0 atom stereocenters. The molecule has 1 aliphatic carbocycles. The van der Waals surface area contributed by atoms with Gasteiger partial charge in [-0.15, -0.1) is 0 Å². The number of carbonyl (C=O) groups excluding carboxylic acids is 1. The van der Waals surface area contributed by atoms with Gasteiger partial charge in [0.05, 0.1) is 6.54 Å². The molecule has 1 aromatic rings. The first-order chi connectivity index (χ1) is 9.02. The molecule has 0 unspecified atom stereocenters. The molecule has 0 aromatic heterocycles. The highest BCUT2D eigenvalue weighted by molar-refractivity contribution is 5.97. The van der Waals surface area contributed by atoms with Crippen molar-refractivity contribution in [3.63, 3.8) is 0 Å². The van der Waals surface area contributed by atoms with Gasteiger partial charge in [-0.2, -0.15) is 0 Å². The van der Waals surface area contributed by atoms with Crippen molar-refractivity contribution in [1.82, 2.24) is 5.32 Å². The number of benzene rings is 1. The van der Waals surface area contributed by atoms with E-state index in [-0.39, 0.29) is 5.78 Å². The second kappa shape index (κ2) is 5.87. The van der Waals surface area contributed by atoms with Crippen molar-refractivity contribution in [3.8, 4) is 0 Å². The molecule has 0 amide bonds. The summed E-state index contributed by atoms with van der Waals surface area (Å²) in [6.07, 6.45) is 5.16. The van der Waals surface area contributed by atoms with E-state index in [1.54, 1.807) is 7.05 Å². The first-order valence-corrected chi connectivity index (χ1v) is 7.29. The number of hydrogen-bond donors (Lipinski definition) is 1. The minimum Gasteiger partial charge on any atom is -0.313 e. The first kappa shape index (κ1) is 14.3. The fourth-order valence-electron chi connectivity index (χ4n) is 2.94. The molecule has 0 saturated heterocycles. The van der Waals surface area contributed by atoms with Crippen LogP contribution in [-0.2, 0) is 0 Å². The third-order valence-corrected chi connectivity index (χ3v) is 4.38. The van der Waals surface area contributed by atoms with Gasteiger partial charge in [-0.25, -0.2) is 0 Å². The first-order valence-electron chi connectivity index (χ1n) is 7.29. The lowest BCUT2D eigenvalue weighted by molar-refractivity contribution is 0.0993. The van der Waals surface area contributed by atoms with Crippen LogP contribution in [0.2, 0.25) is 0 Å². The number of likely N-dealkylation sites (N-methyl/N-ethyl adjacent to an activating group) is 1. The molecule has 1 saturated carbocycles. The van der Waals surface area contributed by atoms with Crippen LogP contribution in [0.4, 0.5) is 0 Å². The predicted molar refractivity (Wildman–Crippen MR) is 79.7 cm³/mol. The highest BCUT2D eigenvalue weighted by Crippen LogP contribution is 2.42. The van der Waals surface area contributed by atoms with Gasteiger partial charge in [0.15, 0.2) is 5.78 Å². The Morgan fingerprint density at radius 2 is 1.79 bits per heavy atom. The lowest BCUT2D eigenvalue weighted by atomic mass is 9.71. The van der Waals surface area contributed by atoms with Crippen LogP contribution >= 0.6 is 0 Å². The predicted octanol–water partition coefficient (Wildman–Crippen LogP) is 3.77. The molecule has 0 spiro atoms. The molecule has 2 rings (SSSR count). The Bertz CT molecular complexity index is 423. The van der Waals surface area contributed by atoms with Crippen LogP contribution in [0.25, 0.3) is 0 Å². The highest BCUT2D eigenvalue weighted by atomic mass is 16.1. The average molecular weight is 259 g/mol. The molecular weight excluding hydrogens is 234 g/mol. The second-order valence-corrected chi connectivity index (χ2v) is 6.51. The van der Waals surface area contributed by atoms with Gasteiger partial charge in [0, 0.05) is 5.56 Å². The number of ketones is 1. The molecule has 19 heavy (non-hydrogen) atoms. The molecular formula is C17H25NO. The van der Waals surface area contributed by atoms with E-state index in [9.17, 15) is 4.79 Å². The van der Waals surface area contributed by atoms with E-state index in [1.165, 1.54) is 31.2 Å². The molecule has 0 heterocycles. The van der Waals surface area contributed by atoms with Crippen molar-refractivity contribution in [2.75, 3.05) is 13.6 Å². The van der Waals surface area contributed by atoms with Crippen LogP contribution in [0.3, 0.4) is 0 Å². The van der Waals surface area contributed by atoms with Crippen molar-refractivity contribution < 1.29 is 4.79 Å². The maximum Gasteiger partial charge on any atom is 0.176 e. The summed E-state index contributed by atoms with van der Waals surface area (Å²) in [6.45, 7) is 5.14. The lowest BCUT2D eigenvalue weighted by Gasteiger charge is -2.34. The van der Waals surface area contributed by atoms with E-state index in [1.807, 2.05) is 12.1 Å². The summed E-state index contributed by atoms with van der Waals surface area (Å²) in [5.41, 5.74) is 2.73. The molecule has 0 radical (unpaired) electrons. The van der Waals surface area contributed by atoms with Crippen molar-refractivity contribution in [2.24, 2.45) is 5.41 Å². The van der Waals surface area contributed by atoms with Crippen LogP contribution in [0.1, 0.15) is 61.4 Å². The van der Waals surface area contributed by atoms with Gasteiger partial charge in [0.1, 0.15) is 0 Å². The molecule has 0 bridgehead atoms. The fraction of sp³-hybridized carbons (Fsp3) is 0.588. The summed E-state index contributed by atoms with van der Waals surface area (Å²) in [5.74, 6) is 0.848. The number of carbonyl (C=O) groups is 1. The SMILES string of the molecule is CNCC(=O)c1ccc(C2CCC(C)(C)CC2)cc1. The number of rotatable bonds is 4. The number of Topliss-reactive ketones (excluding diaryl/α,β-unsaturated/α-hetero) is 1. The topological polar surface area (TPSA) is 29.1 Å². The third kappa shape index (κ3) is 3.66. The van der Waals surface area contributed by atoms with E-state index in [4.69, 9.17) is 0 Å². The summed E-state index contributed by atoms with van der Waals surface area (Å²) < 4.78 is 0. The molecule has 1 aliphatic rings. The number of nitrogens with one attached hydrogen (secondary N) is 1. The normalized spacial score (nSPS) is 19.3. The molecule has 104 valence electrons. The molecule has 2 nitrogen and oxygen atoms in total. The summed E-state index contributed by atoms with van der Waals surface area (Å²) in [7, 11) is 1.80. The van der Waals surface area contributed by atoms with Crippen molar-refractivity contribution >= 4 is 5.78 Å². The Labute approximate surface area is 116 Å². The number of hydrogen-bond acceptors (Lipinski definition) is 2. The van der Waals surface area contributed by atoms with E-state index < -0.39 is 0 Å². The molecule has 2 heteroatoms. The van der Waals surface area contributed by atoms with Crippen molar-refractivity contribution in [3.05, 3.63) is 35.4 Å². The fourth-order valence-corrected chi connectivity index (χ4v) is 2.94. The van der Waals surface area contributed by atoms with Gasteiger partial charge in [-0.1, -0.05) is 38.1 Å². The third-order valence-electron chi connectivity index (χ3n) is 4.38. The van der Waals surface area contributed by atoms with Gasteiger partial charge in [-0.05, 0) is 49.6 Å². The lowest BCUT2D eigenvalue weighted by Crippen LogP contribution is -2.20. The highest BCUT2D eigenvalue weighted by Gasteiger charge is 2.27. The van der Waals surface area contributed by atoms with Crippen LogP contribution in [0.5, 0.6) is 0 Å². The minimum absolute atomic E-state index is 0.166. The van der Waals surface area contributed by atoms with Crippen LogP contribution in [0, 0.1) is 5.41 Å². The Hall–Kier alpha value is -1.15. The largest absolute Gasteiger partial charge is 0.313 e. The van der Waals surface area contributed by atoms with E-state index in [0.29, 0.717) is 17.9 Å². The molecule has 0 aliphatic heterocycles. The molecule has 1 fully saturated rings. The minimum atomic E-state index is 0.166.